The van der Waals surface area contributed by atoms with Gasteiger partial charge in [-0.15, -0.1) is 0 Å². The highest BCUT2D eigenvalue weighted by Gasteiger charge is 2.44. The molecule has 0 radical (unpaired) electrons. The van der Waals surface area contributed by atoms with Gasteiger partial charge in [0.1, 0.15) is 22.8 Å². The molecule has 0 amide bonds. The zero-order valence-corrected chi connectivity index (χ0v) is 22.7. The number of likely N-dealkylation sites (tertiary alicyclic amines) is 1. The Kier molecular flexibility index (Phi) is 7.19. The molecule has 7 nitrogen and oxygen atoms in total. The van der Waals surface area contributed by atoms with Crippen LogP contribution in [0.2, 0.25) is 0 Å². The van der Waals surface area contributed by atoms with Crippen LogP contribution in [0.15, 0.2) is 59.0 Å². The van der Waals surface area contributed by atoms with Crippen LogP contribution >= 0.6 is 0 Å². The lowest BCUT2D eigenvalue weighted by molar-refractivity contribution is 0.0697. The highest BCUT2D eigenvalue weighted by molar-refractivity contribution is 5.91. The second-order valence-electron chi connectivity index (χ2n) is 10.7. The van der Waals surface area contributed by atoms with E-state index in [0.29, 0.717) is 41.5 Å². The summed E-state index contributed by atoms with van der Waals surface area (Å²) in [7, 11) is 1.66. The molecule has 1 saturated heterocycles. The fourth-order valence-electron chi connectivity index (χ4n) is 6.66. The van der Waals surface area contributed by atoms with Crippen LogP contribution in [0.25, 0.3) is 22.2 Å². The molecule has 1 N–H and O–H groups in total. The molecule has 1 saturated carbocycles. The van der Waals surface area contributed by atoms with Crippen molar-refractivity contribution in [2.75, 3.05) is 20.3 Å². The number of carboxylic acids is 1. The number of nitrogens with zero attached hydrogens (tertiary/aromatic N) is 2. The molecule has 1 aliphatic heterocycles. The number of carbonyl (C=O) groups is 1. The van der Waals surface area contributed by atoms with Gasteiger partial charge < -0.3 is 19.0 Å². The van der Waals surface area contributed by atoms with Crippen molar-refractivity contribution >= 4 is 17.1 Å². The third-order valence-corrected chi connectivity index (χ3v) is 8.43. The van der Waals surface area contributed by atoms with Crippen molar-refractivity contribution in [2.45, 2.75) is 45.2 Å². The molecule has 1 unspecified atom stereocenters. The number of benzene rings is 3. The average molecular weight is 545 g/mol. The fraction of sp³-hybridized carbons (Fsp3) is 0.375. The van der Waals surface area contributed by atoms with Gasteiger partial charge in [-0.1, -0.05) is 12.1 Å². The topological polar surface area (TPSA) is 85.0 Å². The number of aromatic carboxylic acids is 1. The summed E-state index contributed by atoms with van der Waals surface area (Å²) in [5.41, 5.74) is 4.25. The Morgan fingerprint density at radius 1 is 1.10 bits per heavy atom. The van der Waals surface area contributed by atoms with Gasteiger partial charge in [-0.3, -0.25) is 4.90 Å². The standard InChI is InChI=1S/C32H33FN2O5/c1-3-39-29-15-19(14-28(38-2)31(29)20-4-8-23(33)9-5-20)18-35-13-12-24-21(7-11-26(24)35)17-30-34-25-10-6-22(32(36)37)16-27(25)40-30/h4-6,8-10,14-16,21,24,26H,3,7,11-13,17-18H2,1-2H3,(H,36,37)/t21?,24-,26+/m0/s1. The first kappa shape index (κ1) is 26.3. The van der Waals surface area contributed by atoms with E-state index in [0.717, 1.165) is 67.0 Å². The summed E-state index contributed by atoms with van der Waals surface area (Å²) in [6.07, 6.45) is 4.13. The second kappa shape index (κ2) is 10.9. The lowest BCUT2D eigenvalue weighted by Gasteiger charge is -2.25. The molecular weight excluding hydrogens is 511 g/mol. The van der Waals surface area contributed by atoms with Crippen LogP contribution in [0.4, 0.5) is 4.39 Å². The molecular formula is C32H33FN2O5. The number of ether oxygens (including phenoxy) is 2. The summed E-state index contributed by atoms with van der Waals surface area (Å²) in [5, 5.41) is 9.27. The summed E-state index contributed by atoms with van der Waals surface area (Å²) >= 11 is 0. The third-order valence-electron chi connectivity index (χ3n) is 8.43. The van der Waals surface area contributed by atoms with Crippen LogP contribution in [0.5, 0.6) is 11.5 Å². The molecule has 2 fully saturated rings. The lowest BCUT2D eigenvalue weighted by atomic mass is 9.90. The van der Waals surface area contributed by atoms with Crippen molar-refractivity contribution in [2.24, 2.45) is 11.8 Å². The number of hydrogen-bond acceptors (Lipinski definition) is 6. The first-order valence-electron chi connectivity index (χ1n) is 13.9. The van der Waals surface area contributed by atoms with E-state index >= 15 is 0 Å². The van der Waals surface area contributed by atoms with Crippen LogP contribution in [-0.2, 0) is 13.0 Å². The highest BCUT2D eigenvalue weighted by atomic mass is 19.1. The first-order chi connectivity index (χ1) is 19.4. The Hall–Kier alpha value is -3.91. The summed E-state index contributed by atoms with van der Waals surface area (Å²) in [4.78, 5) is 18.5. The van der Waals surface area contributed by atoms with E-state index in [-0.39, 0.29) is 11.4 Å². The van der Waals surface area contributed by atoms with Gasteiger partial charge in [-0.05, 0) is 98.2 Å². The van der Waals surface area contributed by atoms with Crippen molar-refractivity contribution < 1.29 is 28.2 Å². The molecule has 2 heterocycles. The second-order valence-corrected chi connectivity index (χ2v) is 10.7. The Bertz CT molecular complexity index is 1530. The molecule has 3 aromatic carbocycles. The summed E-state index contributed by atoms with van der Waals surface area (Å²) in [6.45, 7) is 4.30. The zero-order chi connectivity index (χ0) is 27.8. The van der Waals surface area contributed by atoms with Crippen LogP contribution < -0.4 is 9.47 Å². The van der Waals surface area contributed by atoms with Gasteiger partial charge in [0, 0.05) is 19.0 Å². The number of rotatable bonds is 9. The van der Waals surface area contributed by atoms with Gasteiger partial charge in [-0.25, -0.2) is 14.2 Å². The predicted octanol–water partition coefficient (Wildman–Crippen LogP) is 6.58. The minimum absolute atomic E-state index is 0.206. The third kappa shape index (κ3) is 5.04. The number of aromatic nitrogens is 1. The van der Waals surface area contributed by atoms with Crippen molar-refractivity contribution in [1.82, 2.24) is 9.88 Å². The number of halogens is 1. The van der Waals surface area contributed by atoms with Gasteiger partial charge in [0.2, 0.25) is 0 Å². The van der Waals surface area contributed by atoms with Gasteiger partial charge in [0.25, 0.3) is 0 Å². The Morgan fingerprint density at radius 2 is 1.90 bits per heavy atom. The van der Waals surface area contributed by atoms with Gasteiger partial charge in [0.05, 0.1) is 24.8 Å². The van der Waals surface area contributed by atoms with E-state index in [2.05, 4.69) is 22.0 Å². The van der Waals surface area contributed by atoms with Crippen LogP contribution in [0.3, 0.4) is 0 Å². The van der Waals surface area contributed by atoms with Crippen molar-refractivity contribution in [3.05, 3.63) is 77.4 Å². The molecule has 2 aliphatic rings. The minimum atomic E-state index is -0.972. The Labute approximate surface area is 232 Å². The van der Waals surface area contributed by atoms with Gasteiger partial charge in [0.15, 0.2) is 11.5 Å². The van der Waals surface area contributed by atoms with E-state index in [1.807, 2.05) is 6.92 Å². The summed E-state index contributed by atoms with van der Waals surface area (Å²) in [5.74, 6) is 1.94. The highest BCUT2D eigenvalue weighted by Crippen LogP contribution is 2.45. The van der Waals surface area contributed by atoms with E-state index < -0.39 is 5.97 Å². The SMILES string of the molecule is CCOc1cc(CN2CC[C@H]3C(Cc4nc5ccc(C(=O)O)cc5o4)CC[C@H]32)cc(OC)c1-c1ccc(F)cc1. The summed E-state index contributed by atoms with van der Waals surface area (Å²) in [6, 6.07) is 15.9. The molecule has 3 atom stereocenters. The van der Waals surface area contributed by atoms with E-state index in [4.69, 9.17) is 13.9 Å². The van der Waals surface area contributed by atoms with Crippen molar-refractivity contribution in [1.29, 1.82) is 0 Å². The monoisotopic (exact) mass is 544 g/mol. The van der Waals surface area contributed by atoms with Crippen LogP contribution in [0, 0.1) is 17.7 Å². The average Bonchev–Trinajstić information content (AvgIpc) is 3.65. The maximum atomic E-state index is 13.6. The zero-order valence-electron chi connectivity index (χ0n) is 22.7. The number of methoxy groups -OCH3 is 1. The van der Waals surface area contributed by atoms with Crippen LogP contribution in [-0.4, -0.2) is 47.3 Å². The quantitative estimate of drug-likeness (QED) is 0.255. The molecule has 8 heteroatoms. The number of hydrogen-bond donors (Lipinski definition) is 1. The maximum absolute atomic E-state index is 13.6. The predicted molar refractivity (Wildman–Crippen MR) is 149 cm³/mol. The number of carboxylic acid groups (broad SMARTS) is 1. The molecule has 0 spiro atoms. The van der Waals surface area contributed by atoms with Crippen molar-refractivity contribution in [3.8, 4) is 22.6 Å². The molecule has 6 rings (SSSR count). The molecule has 1 aromatic heterocycles. The van der Waals surface area contributed by atoms with Crippen LogP contribution in [0.1, 0.15) is 48.0 Å². The first-order valence-corrected chi connectivity index (χ1v) is 13.9. The Balaban J connectivity index is 1.18. The fourth-order valence-corrected chi connectivity index (χ4v) is 6.66. The lowest BCUT2D eigenvalue weighted by Crippen LogP contribution is -2.30. The summed E-state index contributed by atoms with van der Waals surface area (Å²) < 4.78 is 31.4. The molecule has 4 aromatic rings. The molecule has 40 heavy (non-hydrogen) atoms. The van der Waals surface area contributed by atoms with E-state index in [1.54, 1.807) is 37.4 Å². The van der Waals surface area contributed by atoms with E-state index in [9.17, 15) is 14.3 Å². The largest absolute Gasteiger partial charge is 0.496 e. The number of fused-ring (bicyclic) bond motifs is 2. The molecule has 1 aliphatic carbocycles. The molecule has 208 valence electrons. The molecule has 0 bridgehead atoms. The number of oxazole rings is 1. The van der Waals surface area contributed by atoms with Gasteiger partial charge in [-0.2, -0.15) is 0 Å². The van der Waals surface area contributed by atoms with E-state index in [1.165, 1.54) is 12.1 Å². The smallest absolute Gasteiger partial charge is 0.335 e. The van der Waals surface area contributed by atoms with Crippen molar-refractivity contribution in [3.63, 3.8) is 0 Å². The maximum Gasteiger partial charge on any atom is 0.335 e. The Morgan fingerprint density at radius 3 is 2.65 bits per heavy atom. The van der Waals surface area contributed by atoms with Gasteiger partial charge >= 0.3 is 5.97 Å². The normalized spacial score (nSPS) is 20.6. The minimum Gasteiger partial charge on any atom is -0.496 e.